The first-order valence-corrected chi connectivity index (χ1v) is 8.66. The standard InChI is InChI=1S/C19H30N2O3.ClH/c1-19(2,3)16-9-8-15(24-18(22)20(4)5)14-17(16)23-13-12-21-10-6-7-11-21;/h8-9,14H,6-7,10-13H2,1-5H3;1H. The molecule has 5 nitrogen and oxygen atoms in total. The second-order valence-electron chi connectivity index (χ2n) is 7.57. The summed E-state index contributed by atoms with van der Waals surface area (Å²) in [7, 11) is 3.33. The first-order chi connectivity index (χ1) is 11.3. The van der Waals surface area contributed by atoms with Gasteiger partial charge in [-0.05, 0) is 43.0 Å². The lowest BCUT2D eigenvalue weighted by atomic mass is 9.86. The SMILES string of the molecule is CN(C)C(=O)Oc1ccc(C(C)(C)C)c(OCCN2CCCC2)c1.Cl. The Hall–Kier alpha value is -1.46. The van der Waals surface area contributed by atoms with Crippen molar-refractivity contribution in [2.45, 2.75) is 39.0 Å². The van der Waals surface area contributed by atoms with E-state index in [9.17, 15) is 4.79 Å². The minimum Gasteiger partial charge on any atom is -0.492 e. The van der Waals surface area contributed by atoms with Gasteiger partial charge in [-0.15, -0.1) is 12.4 Å². The van der Waals surface area contributed by atoms with Crippen LogP contribution in [0, 0.1) is 0 Å². The van der Waals surface area contributed by atoms with E-state index in [1.54, 1.807) is 14.1 Å². The van der Waals surface area contributed by atoms with Crippen LogP contribution in [0.15, 0.2) is 18.2 Å². The van der Waals surface area contributed by atoms with E-state index in [4.69, 9.17) is 9.47 Å². The van der Waals surface area contributed by atoms with Crippen molar-refractivity contribution in [3.8, 4) is 11.5 Å². The number of likely N-dealkylation sites (tertiary alicyclic amines) is 1. The zero-order valence-electron chi connectivity index (χ0n) is 16.0. The highest BCUT2D eigenvalue weighted by atomic mass is 35.5. The highest BCUT2D eigenvalue weighted by Gasteiger charge is 2.21. The predicted octanol–water partition coefficient (Wildman–Crippen LogP) is 3.94. The van der Waals surface area contributed by atoms with Crippen LogP contribution >= 0.6 is 12.4 Å². The topological polar surface area (TPSA) is 42.0 Å². The quantitative estimate of drug-likeness (QED) is 0.787. The van der Waals surface area contributed by atoms with E-state index in [-0.39, 0.29) is 23.9 Å². The first kappa shape index (κ1) is 21.6. The van der Waals surface area contributed by atoms with Gasteiger partial charge in [0.1, 0.15) is 18.1 Å². The number of benzene rings is 1. The minimum absolute atomic E-state index is 0. The fraction of sp³-hybridized carbons (Fsp3) is 0.632. The third-order valence-electron chi connectivity index (χ3n) is 4.20. The Kier molecular flexibility index (Phi) is 8.03. The minimum atomic E-state index is -0.387. The van der Waals surface area contributed by atoms with Gasteiger partial charge >= 0.3 is 6.09 Å². The molecule has 1 amide bonds. The van der Waals surface area contributed by atoms with Crippen molar-refractivity contribution in [3.63, 3.8) is 0 Å². The van der Waals surface area contributed by atoms with Crippen LogP contribution in [0.4, 0.5) is 4.79 Å². The molecule has 0 aliphatic carbocycles. The zero-order valence-corrected chi connectivity index (χ0v) is 16.8. The van der Waals surface area contributed by atoms with Crippen molar-refractivity contribution in [2.75, 3.05) is 40.3 Å². The molecule has 0 saturated carbocycles. The van der Waals surface area contributed by atoms with Crippen LogP contribution < -0.4 is 9.47 Å². The summed E-state index contributed by atoms with van der Waals surface area (Å²) in [5, 5.41) is 0. The number of hydrogen-bond donors (Lipinski definition) is 0. The molecule has 6 heteroatoms. The molecule has 1 aliphatic heterocycles. The number of carbonyl (C=O) groups excluding carboxylic acids is 1. The van der Waals surface area contributed by atoms with Crippen molar-refractivity contribution < 1.29 is 14.3 Å². The largest absolute Gasteiger partial charge is 0.492 e. The van der Waals surface area contributed by atoms with Crippen molar-refractivity contribution in [2.24, 2.45) is 0 Å². The number of halogens is 1. The number of carbonyl (C=O) groups is 1. The molecule has 25 heavy (non-hydrogen) atoms. The third-order valence-corrected chi connectivity index (χ3v) is 4.20. The molecule has 2 rings (SSSR count). The van der Waals surface area contributed by atoms with Crippen LogP contribution in [0.3, 0.4) is 0 Å². The highest BCUT2D eigenvalue weighted by molar-refractivity contribution is 5.85. The lowest BCUT2D eigenvalue weighted by Gasteiger charge is -2.24. The molecule has 0 aromatic heterocycles. The normalized spacial score (nSPS) is 14.8. The van der Waals surface area contributed by atoms with Gasteiger partial charge in [0.25, 0.3) is 0 Å². The molecular weight excluding hydrogens is 340 g/mol. The summed E-state index contributed by atoms with van der Waals surface area (Å²) in [6.45, 7) is 10.4. The van der Waals surface area contributed by atoms with Gasteiger partial charge in [-0.1, -0.05) is 26.8 Å². The maximum atomic E-state index is 11.7. The molecule has 1 heterocycles. The lowest BCUT2D eigenvalue weighted by Crippen LogP contribution is -2.26. The lowest BCUT2D eigenvalue weighted by molar-refractivity contribution is 0.171. The first-order valence-electron chi connectivity index (χ1n) is 8.66. The van der Waals surface area contributed by atoms with Gasteiger partial charge in [0.15, 0.2) is 0 Å². The van der Waals surface area contributed by atoms with Crippen LogP contribution in [-0.4, -0.2) is 56.2 Å². The summed E-state index contributed by atoms with van der Waals surface area (Å²) in [5.41, 5.74) is 1.08. The van der Waals surface area contributed by atoms with Crippen LogP contribution in [0.5, 0.6) is 11.5 Å². The molecule has 0 spiro atoms. The maximum Gasteiger partial charge on any atom is 0.414 e. The maximum absolute atomic E-state index is 11.7. The molecule has 1 aromatic rings. The van der Waals surface area contributed by atoms with Crippen LogP contribution in [0.25, 0.3) is 0 Å². The van der Waals surface area contributed by atoms with Crippen molar-refractivity contribution >= 4 is 18.5 Å². The zero-order chi connectivity index (χ0) is 17.7. The average molecular weight is 371 g/mol. The number of amides is 1. The molecule has 142 valence electrons. The van der Waals surface area contributed by atoms with E-state index in [0.29, 0.717) is 12.4 Å². The van der Waals surface area contributed by atoms with Gasteiger partial charge in [-0.2, -0.15) is 0 Å². The molecule has 1 aromatic carbocycles. The molecule has 1 fully saturated rings. The van der Waals surface area contributed by atoms with E-state index < -0.39 is 0 Å². The number of hydrogen-bond acceptors (Lipinski definition) is 4. The Morgan fingerprint density at radius 1 is 1.20 bits per heavy atom. The monoisotopic (exact) mass is 370 g/mol. The van der Waals surface area contributed by atoms with E-state index in [1.807, 2.05) is 18.2 Å². The fourth-order valence-electron chi connectivity index (χ4n) is 2.79. The van der Waals surface area contributed by atoms with Gasteiger partial charge in [0, 0.05) is 26.7 Å². The molecule has 0 radical (unpaired) electrons. The highest BCUT2D eigenvalue weighted by Crippen LogP contribution is 2.34. The number of ether oxygens (including phenoxy) is 2. The number of rotatable bonds is 5. The Labute approximate surface area is 157 Å². The van der Waals surface area contributed by atoms with Crippen molar-refractivity contribution in [1.29, 1.82) is 0 Å². The van der Waals surface area contributed by atoms with Crippen molar-refractivity contribution in [1.82, 2.24) is 9.80 Å². The molecular formula is C19H31ClN2O3. The van der Waals surface area contributed by atoms with Gasteiger partial charge in [0.2, 0.25) is 0 Å². The fourth-order valence-corrected chi connectivity index (χ4v) is 2.79. The molecule has 1 saturated heterocycles. The molecule has 0 atom stereocenters. The molecule has 0 bridgehead atoms. The van der Waals surface area contributed by atoms with E-state index in [0.717, 1.165) is 30.9 Å². The molecule has 0 unspecified atom stereocenters. The summed E-state index contributed by atoms with van der Waals surface area (Å²) in [6.07, 6.45) is 2.17. The van der Waals surface area contributed by atoms with Gasteiger partial charge in [-0.3, -0.25) is 4.90 Å². The van der Waals surface area contributed by atoms with E-state index in [1.165, 1.54) is 17.7 Å². The van der Waals surface area contributed by atoms with Gasteiger partial charge < -0.3 is 14.4 Å². The summed E-state index contributed by atoms with van der Waals surface area (Å²) < 4.78 is 11.4. The Balaban J connectivity index is 0.00000312. The Morgan fingerprint density at radius 3 is 2.40 bits per heavy atom. The van der Waals surface area contributed by atoms with E-state index in [2.05, 4.69) is 25.7 Å². The summed E-state index contributed by atoms with van der Waals surface area (Å²) in [5.74, 6) is 1.31. The average Bonchev–Trinajstić information content (AvgIpc) is 2.99. The summed E-state index contributed by atoms with van der Waals surface area (Å²) in [4.78, 5) is 15.6. The van der Waals surface area contributed by atoms with E-state index >= 15 is 0 Å². The predicted molar refractivity (Wildman–Crippen MR) is 103 cm³/mol. The number of nitrogens with zero attached hydrogens (tertiary/aromatic N) is 2. The van der Waals surface area contributed by atoms with Crippen LogP contribution in [-0.2, 0) is 5.41 Å². The summed E-state index contributed by atoms with van der Waals surface area (Å²) >= 11 is 0. The van der Waals surface area contributed by atoms with Gasteiger partial charge in [-0.25, -0.2) is 4.79 Å². The molecule has 1 aliphatic rings. The second kappa shape index (κ2) is 9.30. The van der Waals surface area contributed by atoms with Crippen LogP contribution in [0.2, 0.25) is 0 Å². The third kappa shape index (κ3) is 6.40. The van der Waals surface area contributed by atoms with Crippen LogP contribution in [0.1, 0.15) is 39.2 Å². The second-order valence-corrected chi connectivity index (χ2v) is 7.57. The smallest absolute Gasteiger partial charge is 0.414 e. The van der Waals surface area contributed by atoms with Gasteiger partial charge in [0.05, 0.1) is 0 Å². The van der Waals surface area contributed by atoms with Crippen molar-refractivity contribution in [3.05, 3.63) is 23.8 Å². The Morgan fingerprint density at radius 2 is 1.84 bits per heavy atom. The Bertz CT molecular complexity index is 564. The molecule has 0 N–H and O–H groups in total. The summed E-state index contributed by atoms with van der Waals surface area (Å²) in [6, 6.07) is 5.64.